The first-order chi connectivity index (χ1) is 14.8. The Morgan fingerprint density at radius 3 is 2.68 bits per heavy atom. The standard InChI is InChI=1S/C22H27F3N4O2/c1-28(15-8-4-3-5-9-15)21(30)17-13-26-29-19(22(23,24)25)12-18(27-20(17)29)14-7-6-10-16(11-14)31-2/h6-7,10-11,13,15,18-19,27H,3-5,8-9,12H2,1-2H3. The number of amides is 1. The number of fused-ring (bicyclic) bond motifs is 1. The molecule has 2 aromatic rings. The number of halogens is 3. The lowest BCUT2D eigenvalue weighted by Gasteiger charge is -2.35. The Bertz CT molecular complexity index is 937. The van der Waals surface area contributed by atoms with Gasteiger partial charge in [-0.3, -0.25) is 4.79 Å². The van der Waals surface area contributed by atoms with E-state index in [1.165, 1.54) is 13.3 Å². The number of nitrogens with zero attached hydrogens (tertiary/aromatic N) is 3. The number of aromatic nitrogens is 2. The third kappa shape index (κ3) is 4.22. The second kappa shape index (κ2) is 8.43. The van der Waals surface area contributed by atoms with Gasteiger partial charge in [0, 0.05) is 19.5 Å². The summed E-state index contributed by atoms with van der Waals surface area (Å²) in [7, 11) is 3.24. The van der Waals surface area contributed by atoms with Gasteiger partial charge in [-0.1, -0.05) is 31.4 Å². The van der Waals surface area contributed by atoms with Crippen LogP contribution in [0.3, 0.4) is 0 Å². The van der Waals surface area contributed by atoms with E-state index in [1.54, 1.807) is 36.2 Å². The Hall–Kier alpha value is -2.71. The SMILES string of the molecule is COc1cccc(C2CC(C(F)(F)F)n3ncc(C(=O)N(C)C4CCCCC4)c3N2)c1. The van der Waals surface area contributed by atoms with Gasteiger partial charge in [-0.15, -0.1) is 0 Å². The van der Waals surface area contributed by atoms with Gasteiger partial charge < -0.3 is 15.0 Å². The Morgan fingerprint density at radius 1 is 1.26 bits per heavy atom. The van der Waals surface area contributed by atoms with Crippen molar-refractivity contribution < 1.29 is 22.7 Å². The maximum Gasteiger partial charge on any atom is 0.410 e. The molecule has 0 saturated heterocycles. The summed E-state index contributed by atoms with van der Waals surface area (Å²) in [5.41, 5.74) is 0.843. The molecule has 1 amide bonds. The molecule has 0 spiro atoms. The van der Waals surface area contributed by atoms with E-state index < -0.39 is 18.3 Å². The van der Waals surface area contributed by atoms with E-state index in [1.807, 2.05) is 0 Å². The number of hydrogen-bond acceptors (Lipinski definition) is 4. The fraction of sp³-hybridized carbons (Fsp3) is 0.545. The first kappa shape index (κ1) is 21.5. The van der Waals surface area contributed by atoms with Gasteiger partial charge in [-0.25, -0.2) is 4.68 Å². The van der Waals surface area contributed by atoms with E-state index >= 15 is 0 Å². The molecule has 0 bridgehead atoms. The molecule has 2 heterocycles. The number of anilines is 1. The van der Waals surface area contributed by atoms with E-state index in [4.69, 9.17) is 4.74 Å². The van der Waals surface area contributed by atoms with Gasteiger partial charge in [0.1, 0.15) is 17.1 Å². The van der Waals surface area contributed by atoms with E-state index in [0.29, 0.717) is 11.3 Å². The van der Waals surface area contributed by atoms with Crippen LogP contribution in [0.1, 0.15) is 66.5 Å². The molecule has 1 aromatic carbocycles. The summed E-state index contributed by atoms with van der Waals surface area (Å²) in [6.07, 6.45) is 1.64. The molecule has 1 aliphatic carbocycles. The summed E-state index contributed by atoms with van der Waals surface area (Å²) < 4.78 is 47.9. The van der Waals surface area contributed by atoms with Crippen molar-refractivity contribution in [2.75, 3.05) is 19.5 Å². The zero-order valence-electron chi connectivity index (χ0n) is 17.7. The molecule has 2 unspecified atom stereocenters. The van der Waals surface area contributed by atoms with Gasteiger partial charge in [0.2, 0.25) is 0 Å². The lowest BCUT2D eigenvalue weighted by molar-refractivity contribution is -0.173. The molecular weight excluding hydrogens is 409 g/mol. The smallest absolute Gasteiger partial charge is 0.410 e. The largest absolute Gasteiger partial charge is 0.497 e. The molecule has 9 heteroatoms. The van der Waals surface area contributed by atoms with Gasteiger partial charge in [0.25, 0.3) is 5.91 Å². The topological polar surface area (TPSA) is 59.4 Å². The Balaban J connectivity index is 1.68. The number of carbonyl (C=O) groups excluding carboxylic acids is 1. The van der Waals surface area contributed by atoms with Crippen LogP contribution < -0.4 is 10.1 Å². The van der Waals surface area contributed by atoms with Crippen LogP contribution in [0.25, 0.3) is 0 Å². The molecule has 1 N–H and O–H groups in total. The summed E-state index contributed by atoms with van der Waals surface area (Å²) in [4.78, 5) is 14.9. The molecule has 168 valence electrons. The molecule has 2 atom stereocenters. The lowest BCUT2D eigenvalue weighted by Crippen LogP contribution is -2.39. The molecular formula is C22H27F3N4O2. The number of rotatable bonds is 4. The van der Waals surface area contributed by atoms with Crippen LogP contribution >= 0.6 is 0 Å². The number of ether oxygens (including phenoxy) is 1. The van der Waals surface area contributed by atoms with E-state index in [2.05, 4.69) is 10.4 Å². The van der Waals surface area contributed by atoms with Crippen molar-refractivity contribution in [3.8, 4) is 5.75 Å². The number of carbonyl (C=O) groups is 1. The monoisotopic (exact) mass is 436 g/mol. The number of alkyl halides is 3. The predicted molar refractivity (Wildman–Crippen MR) is 110 cm³/mol. The first-order valence-electron chi connectivity index (χ1n) is 10.6. The normalized spacial score (nSPS) is 21.8. The molecule has 2 aliphatic rings. The number of benzene rings is 1. The summed E-state index contributed by atoms with van der Waals surface area (Å²) in [5.74, 6) is 0.386. The highest BCUT2D eigenvalue weighted by Gasteiger charge is 2.47. The molecule has 1 saturated carbocycles. The highest BCUT2D eigenvalue weighted by molar-refractivity contribution is 5.99. The van der Waals surface area contributed by atoms with Gasteiger partial charge in [-0.05, 0) is 30.5 Å². The highest BCUT2D eigenvalue weighted by Crippen LogP contribution is 2.45. The molecule has 31 heavy (non-hydrogen) atoms. The maximum absolute atomic E-state index is 13.9. The second-order valence-electron chi connectivity index (χ2n) is 8.33. The maximum atomic E-state index is 13.9. The minimum atomic E-state index is -4.49. The molecule has 1 fully saturated rings. The van der Waals surface area contributed by atoms with Crippen LogP contribution in [-0.2, 0) is 0 Å². The first-order valence-corrected chi connectivity index (χ1v) is 10.6. The zero-order valence-corrected chi connectivity index (χ0v) is 17.7. The Morgan fingerprint density at radius 2 is 2.00 bits per heavy atom. The molecule has 4 rings (SSSR count). The summed E-state index contributed by atoms with van der Waals surface area (Å²) in [6.45, 7) is 0. The summed E-state index contributed by atoms with van der Waals surface area (Å²) >= 11 is 0. The number of hydrogen-bond donors (Lipinski definition) is 1. The van der Waals surface area contributed by atoms with Crippen molar-refractivity contribution in [1.82, 2.24) is 14.7 Å². The molecule has 0 radical (unpaired) electrons. The lowest BCUT2D eigenvalue weighted by atomic mass is 9.94. The van der Waals surface area contributed by atoms with Crippen molar-refractivity contribution in [2.45, 2.75) is 62.8 Å². The third-order valence-corrected chi connectivity index (χ3v) is 6.41. The van der Waals surface area contributed by atoms with Crippen LogP contribution in [0.5, 0.6) is 5.75 Å². The highest BCUT2D eigenvalue weighted by atomic mass is 19.4. The summed E-state index contributed by atoms with van der Waals surface area (Å²) in [5, 5.41) is 7.13. The fourth-order valence-electron chi connectivity index (χ4n) is 4.62. The fourth-order valence-corrected chi connectivity index (χ4v) is 4.62. The van der Waals surface area contributed by atoms with Crippen LogP contribution in [0, 0.1) is 0 Å². The molecule has 6 nitrogen and oxygen atoms in total. The van der Waals surface area contributed by atoms with E-state index in [-0.39, 0.29) is 29.8 Å². The van der Waals surface area contributed by atoms with Crippen molar-refractivity contribution in [3.05, 3.63) is 41.6 Å². The van der Waals surface area contributed by atoms with E-state index in [0.717, 1.165) is 36.8 Å². The Labute approximate surface area is 179 Å². The zero-order chi connectivity index (χ0) is 22.2. The van der Waals surface area contributed by atoms with Crippen LogP contribution in [0.15, 0.2) is 30.5 Å². The predicted octanol–water partition coefficient (Wildman–Crippen LogP) is 4.96. The minimum Gasteiger partial charge on any atom is -0.497 e. The van der Waals surface area contributed by atoms with Gasteiger partial charge >= 0.3 is 6.18 Å². The van der Waals surface area contributed by atoms with Crippen molar-refractivity contribution in [3.63, 3.8) is 0 Å². The third-order valence-electron chi connectivity index (χ3n) is 6.41. The van der Waals surface area contributed by atoms with Gasteiger partial charge in [0.05, 0.1) is 19.3 Å². The molecule has 1 aliphatic heterocycles. The van der Waals surface area contributed by atoms with Crippen LogP contribution in [0.4, 0.5) is 19.0 Å². The molecule has 1 aromatic heterocycles. The van der Waals surface area contributed by atoms with Crippen molar-refractivity contribution >= 4 is 11.7 Å². The van der Waals surface area contributed by atoms with Crippen LogP contribution in [0.2, 0.25) is 0 Å². The number of methoxy groups -OCH3 is 1. The quantitative estimate of drug-likeness (QED) is 0.736. The van der Waals surface area contributed by atoms with Crippen molar-refractivity contribution in [2.24, 2.45) is 0 Å². The van der Waals surface area contributed by atoms with E-state index in [9.17, 15) is 18.0 Å². The second-order valence-corrected chi connectivity index (χ2v) is 8.33. The summed E-state index contributed by atoms with van der Waals surface area (Å²) in [6, 6.07) is 4.62. The van der Waals surface area contributed by atoms with Gasteiger partial charge in [-0.2, -0.15) is 18.3 Å². The average molecular weight is 436 g/mol. The number of nitrogens with one attached hydrogen (secondary N) is 1. The van der Waals surface area contributed by atoms with Crippen molar-refractivity contribution in [1.29, 1.82) is 0 Å². The average Bonchev–Trinajstić information content (AvgIpc) is 3.21. The minimum absolute atomic E-state index is 0.105. The Kier molecular flexibility index (Phi) is 5.85. The van der Waals surface area contributed by atoms with Crippen LogP contribution in [-0.4, -0.2) is 47.0 Å². The van der Waals surface area contributed by atoms with Gasteiger partial charge in [0.15, 0.2) is 6.04 Å².